The van der Waals surface area contributed by atoms with Gasteiger partial charge >= 0.3 is 24.0 Å². The highest BCUT2D eigenvalue weighted by Crippen LogP contribution is 2.67. The lowest BCUT2D eigenvalue weighted by Crippen LogP contribution is -2.79. The van der Waals surface area contributed by atoms with Crippen molar-refractivity contribution in [2.24, 2.45) is 16.7 Å². The van der Waals surface area contributed by atoms with Gasteiger partial charge in [0.1, 0.15) is 42.3 Å². The molecule has 2 bridgehead atoms. The average Bonchev–Trinajstić information content (AvgIpc) is 3.52. The van der Waals surface area contributed by atoms with Crippen LogP contribution >= 0.6 is 0 Å². The molecule has 13 atom stereocenters. The Hall–Kier alpha value is -3.71. The van der Waals surface area contributed by atoms with Crippen LogP contribution in [-0.2, 0) is 42.7 Å². The maximum absolute atomic E-state index is 14.4. The number of likely N-dealkylation sites (tertiary alicyclic amines) is 1. The van der Waals surface area contributed by atoms with Gasteiger partial charge < -0.3 is 53.8 Å². The summed E-state index contributed by atoms with van der Waals surface area (Å²) in [4.78, 5) is 56.2. The number of alkyl halides is 1. The number of aliphatic hydroxyl groups is 3. The van der Waals surface area contributed by atoms with Crippen LogP contribution in [0.25, 0.3) is 0 Å². The number of alkyl carbamates (subject to hydrolysis) is 1. The first-order valence-electron chi connectivity index (χ1n) is 21.6. The lowest BCUT2D eigenvalue weighted by Gasteiger charge is -2.68. The van der Waals surface area contributed by atoms with Crippen LogP contribution < -0.4 is 5.32 Å². The summed E-state index contributed by atoms with van der Waals surface area (Å²) in [5.41, 5.74) is -5.78. The molecule has 344 valence electrons. The van der Waals surface area contributed by atoms with Crippen molar-refractivity contribution in [1.29, 1.82) is 0 Å². The number of nitrogens with zero attached hydrogens (tertiary/aromatic N) is 1. The van der Waals surface area contributed by atoms with Crippen molar-refractivity contribution in [3.8, 4) is 0 Å². The summed E-state index contributed by atoms with van der Waals surface area (Å²) in [5.74, 6) is -4.97. The molecule has 0 spiro atoms. The van der Waals surface area contributed by atoms with Crippen molar-refractivity contribution >= 4 is 24.0 Å². The zero-order valence-corrected chi connectivity index (χ0v) is 37.1. The first kappa shape index (κ1) is 46.3. The summed E-state index contributed by atoms with van der Waals surface area (Å²) in [6, 6.07) is 6.41. The van der Waals surface area contributed by atoms with Gasteiger partial charge in [0.25, 0.3) is 0 Å². The van der Waals surface area contributed by atoms with Gasteiger partial charge in [0.05, 0.1) is 43.4 Å². The van der Waals surface area contributed by atoms with Crippen LogP contribution in [0, 0.1) is 16.7 Å². The maximum atomic E-state index is 14.4. The van der Waals surface area contributed by atoms with E-state index < -0.39 is 119 Å². The molecule has 3 aliphatic heterocycles. The Labute approximate surface area is 361 Å². The number of amides is 1. The molecule has 0 aromatic heterocycles. The molecule has 16 nitrogen and oxygen atoms in total. The second-order valence-corrected chi connectivity index (χ2v) is 20.0. The van der Waals surface area contributed by atoms with Crippen molar-refractivity contribution in [3.05, 3.63) is 47.0 Å². The standard InChI is InChI=1S/C45H63FN2O14/c1-24-29(57-38(53)32(51)28(20-46)47-39(54)62-40(3,4)5)19-45(55)36(58-37(52)26-13-11-10-12-14-26)34-42(8,17-15-30-44(34,23-56-30)59-25(2)50)35-33(31(24)41(45,6)7)60-43(9,61-35)22-48-18-16-27(48)21-49/h10-14,27-30,32-36,49,51,55H,15-23H2,1-9H3,(H,47,54)/t27-,28-,29-,30+,32+,33+,34-,35+,36-,42+,43?,44-,45+/m0/s1. The van der Waals surface area contributed by atoms with E-state index in [0.29, 0.717) is 30.5 Å². The Morgan fingerprint density at radius 2 is 1.74 bits per heavy atom. The highest BCUT2D eigenvalue weighted by atomic mass is 19.1. The highest BCUT2D eigenvalue weighted by molar-refractivity contribution is 5.89. The van der Waals surface area contributed by atoms with Crippen molar-refractivity contribution in [3.63, 3.8) is 0 Å². The number of carbonyl (C=O) groups is 4. The van der Waals surface area contributed by atoms with E-state index in [0.717, 1.165) is 6.42 Å². The molecule has 17 heteroatoms. The molecule has 1 amide bonds. The summed E-state index contributed by atoms with van der Waals surface area (Å²) < 4.78 is 59.0. The van der Waals surface area contributed by atoms with Gasteiger partial charge in [-0.1, -0.05) is 39.0 Å². The second kappa shape index (κ2) is 16.4. The van der Waals surface area contributed by atoms with Gasteiger partial charge in [-0.25, -0.2) is 18.8 Å². The predicted molar refractivity (Wildman–Crippen MR) is 217 cm³/mol. The Kier molecular flexibility index (Phi) is 12.2. The minimum absolute atomic E-state index is 0.0523. The molecular formula is C45H63FN2O14. The van der Waals surface area contributed by atoms with Crippen molar-refractivity contribution in [1.82, 2.24) is 10.2 Å². The van der Waals surface area contributed by atoms with Gasteiger partial charge in [0.15, 0.2) is 17.5 Å². The molecule has 3 aliphatic carbocycles. The molecule has 3 saturated heterocycles. The Morgan fingerprint density at radius 1 is 1.05 bits per heavy atom. The van der Waals surface area contributed by atoms with Crippen LogP contribution in [0.1, 0.15) is 98.4 Å². The van der Waals surface area contributed by atoms with E-state index in [1.807, 2.05) is 13.8 Å². The third kappa shape index (κ3) is 7.83. The van der Waals surface area contributed by atoms with Gasteiger partial charge in [-0.15, -0.1) is 0 Å². The first-order valence-corrected chi connectivity index (χ1v) is 21.6. The number of carbonyl (C=O) groups excluding carboxylic acids is 4. The molecule has 4 N–H and O–H groups in total. The predicted octanol–water partition coefficient (Wildman–Crippen LogP) is 3.52. The van der Waals surface area contributed by atoms with Crippen molar-refractivity contribution in [2.75, 3.05) is 33.0 Å². The number of ether oxygens (including phenoxy) is 7. The van der Waals surface area contributed by atoms with Crippen LogP contribution in [0.3, 0.4) is 0 Å². The third-order valence-corrected chi connectivity index (χ3v) is 14.4. The lowest BCUT2D eigenvalue weighted by molar-refractivity contribution is -0.346. The number of nitrogens with one attached hydrogen (secondary N) is 1. The Morgan fingerprint density at radius 3 is 2.31 bits per heavy atom. The highest BCUT2D eigenvalue weighted by Gasteiger charge is 2.77. The monoisotopic (exact) mass is 874 g/mol. The molecule has 1 aromatic rings. The molecule has 62 heavy (non-hydrogen) atoms. The van der Waals surface area contributed by atoms with Gasteiger partial charge in [0.2, 0.25) is 0 Å². The molecule has 7 rings (SSSR count). The lowest BCUT2D eigenvalue weighted by atomic mass is 9.45. The fourth-order valence-electron chi connectivity index (χ4n) is 11.2. The summed E-state index contributed by atoms with van der Waals surface area (Å²) in [5, 5.41) is 37.3. The summed E-state index contributed by atoms with van der Waals surface area (Å²) in [6.45, 7) is 14.7. The molecule has 1 aromatic carbocycles. The summed E-state index contributed by atoms with van der Waals surface area (Å²) in [7, 11) is 0. The van der Waals surface area contributed by atoms with Crippen LogP contribution in [0.5, 0.6) is 0 Å². The molecular weight excluding hydrogens is 811 g/mol. The molecule has 3 heterocycles. The minimum atomic E-state index is -2.20. The van der Waals surface area contributed by atoms with Crippen molar-refractivity contribution < 1.29 is 72.0 Å². The van der Waals surface area contributed by atoms with Gasteiger partial charge in [-0.05, 0) is 77.2 Å². The number of aliphatic hydroxyl groups excluding tert-OH is 2. The number of fused-ring (bicyclic) bond motifs is 8. The third-order valence-electron chi connectivity index (χ3n) is 14.4. The second-order valence-electron chi connectivity index (χ2n) is 20.0. The van der Waals surface area contributed by atoms with Crippen LogP contribution in [0.4, 0.5) is 9.18 Å². The van der Waals surface area contributed by atoms with E-state index in [9.17, 15) is 38.9 Å². The number of hydrogen-bond acceptors (Lipinski definition) is 15. The number of benzene rings is 1. The van der Waals surface area contributed by atoms with Gasteiger partial charge in [-0.3, -0.25) is 9.69 Å². The van der Waals surface area contributed by atoms with E-state index >= 15 is 0 Å². The maximum Gasteiger partial charge on any atom is 0.408 e. The van der Waals surface area contributed by atoms with E-state index in [1.54, 1.807) is 71.9 Å². The van der Waals surface area contributed by atoms with Gasteiger partial charge in [0, 0.05) is 36.8 Å². The topological polar surface area (TPSA) is 209 Å². The van der Waals surface area contributed by atoms with Crippen LogP contribution in [-0.4, -0.2) is 148 Å². The SMILES string of the molecule is CC(=O)O[C@@]12CO[C@@H]1CC[C@@]1(C)[C@@H]3OC(C)(CN4CC[C@H]4CO)O[C@@H]3C3=C(C)[C@@H](OC(=O)[C@H](O)[C@H](CF)NC(=O)OC(C)(C)C)C[C@@](O)([C@@H](OC(=O)c4ccccc4)[C@@H]12)C3(C)C. The smallest absolute Gasteiger partial charge is 0.408 e. The fourth-order valence-corrected chi connectivity index (χ4v) is 11.2. The zero-order valence-electron chi connectivity index (χ0n) is 37.1. The summed E-state index contributed by atoms with van der Waals surface area (Å²) >= 11 is 0. The molecule has 2 saturated carbocycles. The fraction of sp³-hybridized carbons (Fsp3) is 0.733. The van der Waals surface area contributed by atoms with Crippen LogP contribution in [0.15, 0.2) is 41.5 Å². The van der Waals surface area contributed by atoms with E-state index in [2.05, 4.69) is 10.2 Å². The summed E-state index contributed by atoms with van der Waals surface area (Å²) in [6.07, 6.45) is -7.25. The number of halogens is 1. The zero-order chi connectivity index (χ0) is 45.4. The van der Waals surface area contributed by atoms with Crippen molar-refractivity contribution in [2.45, 2.75) is 159 Å². The Bertz CT molecular complexity index is 1940. The number of esters is 3. The number of rotatable bonds is 11. The van der Waals surface area contributed by atoms with Gasteiger partial charge in [-0.2, -0.15) is 0 Å². The molecule has 1 unspecified atom stereocenters. The average molecular weight is 875 g/mol. The van der Waals surface area contributed by atoms with E-state index in [1.165, 1.54) is 6.92 Å². The first-order chi connectivity index (χ1) is 28.9. The quantitative estimate of drug-likeness (QED) is 0.143. The van der Waals surface area contributed by atoms with E-state index in [4.69, 9.17) is 33.2 Å². The molecule has 5 fully saturated rings. The Balaban J connectivity index is 1.38. The number of hydrogen-bond donors (Lipinski definition) is 4. The molecule has 0 radical (unpaired) electrons. The normalized spacial score (nSPS) is 38.2. The van der Waals surface area contributed by atoms with E-state index in [-0.39, 0.29) is 31.4 Å². The minimum Gasteiger partial charge on any atom is -0.456 e. The largest absolute Gasteiger partial charge is 0.456 e. The van der Waals surface area contributed by atoms with Crippen LogP contribution in [0.2, 0.25) is 0 Å². The molecule has 6 aliphatic rings.